The van der Waals surface area contributed by atoms with Crippen molar-refractivity contribution >= 4 is 17.2 Å². The van der Waals surface area contributed by atoms with Crippen LogP contribution in [0, 0.1) is 5.92 Å². The Bertz CT molecular complexity index is 367. The van der Waals surface area contributed by atoms with E-state index in [1.807, 2.05) is 11.0 Å². The number of thiophene rings is 1. The smallest absolute Gasteiger partial charge is 0.222 e. The Morgan fingerprint density at radius 2 is 2.28 bits per heavy atom. The largest absolute Gasteiger partial charge is 0.343 e. The molecule has 1 amide bonds. The van der Waals surface area contributed by atoms with Gasteiger partial charge in [-0.25, -0.2) is 0 Å². The second-order valence-electron chi connectivity index (χ2n) is 5.16. The third kappa shape index (κ3) is 3.56. The fraction of sp³-hybridized carbons (Fsp3) is 0.643. The number of hydrogen-bond donors (Lipinski definition) is 1. The van der Waals surface area contributed by atoms with Crippen molar-refractivity contribution < 1.29 is 4.79 Å². The fourth-order valence-corrected chi connectivity index (χ4v) is 3.23. The zero-order valence-electron chi connectivity index (χ0n) is 11.0. The topological polar surface area (TPSA) is 46.3 Å². The lowest BCUT2D eigenvalue weighted by Gasteiger charge is -2.33. The summed E-state index contributed by atoms with van der Waals surface area (Å²) in [5.41, 5.74) is 5.91. The van der Waals surface area contributed by atoms with Crippen LogP contribution in [0.25, 0.3) is 0 Å². The number of aryl methyl sites for hydroxylation is 1. The third-order valence-electron chi connectivity index (χ3n) is 3.80. The van der Waals surface area contributed by atoms with Gasteiger partial charge in [-0.2, -0.15) is 0 Å². The number of amides is 1. The van der Waals surface area contributed by atoms with Crippen molar-refractivity contribution in [2.24, 2.45) is 11.7 Å². The summed E-state index contributed by atoms with van der Waals surface area (Å²) in [5, 5.41) is 2.06. The van der Waals surface area contributed by atoms with Gasteiger partial charge < -0.3 is 10.6 Å². The van der Waals surface area contributed by atoms with Crippen molar-refractivity contribution in [2.45, 2.75) is 38.6 Å². The summed E-state index contributed by atoms with van der Waals surface area (Å²) in [7, 11) is 0. The van der Waals surface area contributed by atoms with Crippen molar-refractivity contribution in [3.63, 3.8) is 0 Å². The van der Waals surface area contributed by atoms with Crippen LogP contribution in [0.3, 0.4) is 0 Å². The number of carbonyl (C=O) groups excluding carboxylic acids is 1. The minimum absolute atomic E-state index is 0.258. The Morgan fingerprint density at radius 3 is 2.83 bits per heavy atom. The van der Waals surface area contributed by atoms with E-state index in [2.05, 4.69) is 18.4 Å². The zero-order valence-corrected chi connectivity index (χ0v) is 11.8. The number of piperidine rings is 1. The Hall–Kier alpha value is -0.870. The maximum atomic E-state index is 12.1. The molecule has 4 heteroatoms. The molecule has 0 bridgehead atoms. The van der Waals surface area contributed by atoms with E-state index in [0.717, 1.165) is 32.4 Å². The molecule has 2 rings (SSSR count). The molecule has 1 unspecified atom stereocenters. The van der Waals surface area contributed by atoms with Gasteiger partial charge in [-0.05, 0) is 43.6 Å². The molecule has 18 heavy (non-hydrogen) atoms. The van der Waals surface area contributed by atoms with Crippen molar-refractivity contribution in [3.05, 3.63) is 22.4 Å². The molecule has 0 saturated carbocycles. The summed E-state index contributed by atoms with van der Waals surface area (Å²) < 4.78 is 0. The number of nitrogens with zero attached hydrogens (tertiary/aromatic N) is 1. The van der Waals surface area contributed by atoms with Crippen LogP contribution in [-0.2, 0) is 11.2 Å². The molecule has 0 spiro atoms. The highest BCUT2D eigenvalue weighted by Gasteiger charge is 2.24. The van der Waals surface area contributed by atoms with Gasteiger partial charge in [0.15, 0.2) is 0 Å². The Kier molecular flexibility index (Phi) is 4.78. The van der Waals surface area contributed by atoms with Crippen LogP contribution in [0.5, 0.6) is 0 Å². The molecular weight excluding hydrogens is 244 g/mol. The highest BCUT2D eigenvalue weighted by Crippen LogP contribution is 2.20. The van der Waals surface area contributed by atoms with E-state index in [9.17, 15) is 4.79 Å². The number of carbonyl (C=O) groups is 1. The van der Waals surface area contributed by atoms with Gasteiger partial charge in [0, 0.05) is 30.4 Å². The Morgan fingerprint density at radius 1 is 1.56 bits per heavy atom. The average Bonchev–Trinajstić information content (AvgIpc) is 2.89. The van der Waals surface area contributed by atoms with Crippen LogP contribution in [-0.4, -0.2) is 29.9 Å². The zero-order chi connectivity index (χ0) is 13.0. The predicted molar refractivity (Wildman–Crippen MR) is 75.6 cm³/mol. The molecule has 1 aromatic rings. The molecule has 3 nitrogen and oxygen atoms in total. The van der Waals surface area contributed by atoms with Crippen LogP contribution < -0.4 is 5.73 Å². The van der Waals surface area contributed by atoms with Gasteiger partial charge >= 0.3 is 0 Å². The van der Waals surface area contributed by atoms with Crippen molar-refractivity contribution in [3.8, 4) is 0 Å². The molecule has 0 aliphatic carbocycles. The highest BCUT2D eigenvalue weighted by molar-refractivity contribution is 7.09. The van der Waals surface area contributed by atoms with Gasteiger partial charge in [0.05, 0.1) is 0 Å². The molecule has 1 fully saturated rings. The normalized spacial score (nSPS) is 18.9. The molecule has 1 aliphatic heterocycles. The number of hydrogen-bond acceptors (Lipinski definition) is 3. The first kappa shape index (κ1) is 13.6. The molecule has 2 N–H and O–H groups in total. The lowest BCUT2D eigenvalue weighted by atomic mass is 9.91. The van der Waals surface area contributed by atoms with Crippen molar-refractivity contribution in [1.82, 2.24) is 4.90 Å². The number of likely N-dealkylation sites (tertiary alicyclic amines) is 1. The SMILES string of the molecule is CC(N)C1CCN(C(=O)CCc2cccs2)CC1. The van der Waals surface area contributed by atoms with E-state index in [1.165, 1.54) is 4.88 Å². The molecule has 0 radical (unpaired) electrons. The van der Waals surface area contributed by atoms with Crippen molar-refractivity contribution in [1.29, 1.82) is 0 Å². The van der Waals surface area contributed by atoms with Crippen LogP contribution in [0.1, 0.15) is 31.1 Å². The summed E-state index contributed by atoms with van der Waals surface area (Å²) >= 11 is 1.73. The lowest BCUT2D eigenvalue weighted by molar-refractivity contribution is -0.132. The third-order valence-corrected chi connectivity index (χ3v) is 4.74. The van der Waals surface area contributed by atoms with Crippen molar-refractivity contribution in [2.75, 3.05) is 13.1 Å². The standard InChI is InChI=1S/C14H22N2OS/c1-11(15)12-6-8-16(9-7-12)14(17)5-4-13-3-2-10-18-13/h2-3,10-12H,4-9,15H2,1H3. The first-order chi connectivity index (χ1) is 8.66. The first-order valence-corrected chi connectivity index (χ1v) is 7.60. The molecular formula is C14H22N2OS. The van der Waals surface area contributed by atoms with E-state index in [-0.39, 0.29) is 6.04 Å². The van der Waals surface area contributed by atoms with E-state index in [4.69, 9.17) is 5.73 Å². The minimum atomic E-state index is 0.258. The van der Waals surface area contributed by atoms with Gasteiger partial charge in [0.25, 0.3) is 0 Å². The molecule has 1 atom stereocenters. The average molecular weight is 266 g/mol. The summed E-state index contributed by atoms with van der Waals surface area (Å²) in [5.74, 6) is 0.887. The predicted octanol–water partition coefficient (Wildman–Crippen LogP) is 2.27. The Balaban J connectivity index is 1.74. The molecule has 2 heterocycles. The second-order valence-corrected chi connectivity index (χ2v) is 6.19. The van der Waals surface area contributed by atoms with E-state index in [0.29, 0.717) is 18.2 Å². The molecule has 0 aromatic carbocycles. The fourth-order valence-electron chi connectivity index (χ4n) is 2.52. The minimum Gasteiger partial charge on any atom is -0.343 e. The molecule has 1 aliphatic rings. The van der Waals surface area contributed by atoms with Gasteiger partial charge in [0.1, 0.15) is 0 Å². The second kappa shape index (κ2) is 6.34. The highest BCUT2D eigenvalue weighted by atomic mass is 32.1. The van der Waals surface area contributed by atoms with Gasteiger partial charge in [-0.1, -0.05) is 6.07 Å². The van der Waals surface area contributed by atoms with E-state index in [1.54, 1.807) is 11.3 Å². The van der Waals surface area contributed by atoms with Crippen LogP contribution in [0.2, 0.25) is 0 Å². The number of nitrogens with two attached hydrogens (primary N) is 1. The summed E-state index contributed by atoms with van der Waals surface area (Å²) in [4.78, 5) is 15.4. The molecule has 1 saturated heterocycles. The first-order valence-electron chi connectivity index (χ1n) is 6.72. The quantitative estimate of drug-likeness (QED) is 0.908. The lowest BCUT2D eigenvalue weighted by Crippen LogP contribution is -2.42. The van der Waals surface area contributed by atoms with E-state index < -0.39 is 0 Å². The maximum Gasteiger partial charge on any atom is 0.222 e. The molecule has 100 valence electrons. The maximum absolute atomic E-state index is 12.1. The monoisotopic (exact) mass is 266 g/mol. The van der Waals surface area contributed by atoms with Crippen LogP contribution in [0.4, 0.5) is 0 Å². The van der Waals surface area contributed by atoms with Gasteiger partial charge in [0.2, 0.25) is 5.91 Å². The van der Waals surface area contributed by atoms with E-state index >= 15 is 0 Å². The Labute approximate surface area is 113 Å². The number of rotatable bonds is 4. The van der Waals surface area contributed by atoms with Crippen LogP contribution >= 0.6 is 11.3 Å². The summed E-state index contributed by atoms with van der Waals surface area (Å²) in [6.07, 6.45) is 3.64. The summed E-state index contributed by atoms with van der Waals surface area (Å²) in [6.45, 7) is 3.84. The van der Waals surface area contributed by atoms with Crippen LogP contribution in [0.15, 0.2) is 17.5 Å². The molecule has 1 aromatic heterocycles. The summed E-state index contributed by atoms with van der Waals surface area (Å²) in [6, 6.07) is 4.40. The van der Waals surface area contributed by atoms with Gasteiger partial charge in [-0.3, -0.25) is 4.79 Å². The van der Waals surface area contributed by atoms with Gasteiger partial charge in [-0.15, -0.1) is 11.3 Å².